The summed E-state index contributed by atoms with van der Waals surface area (Å²) in [5, 5.41) is 9.56. The van der Waals surface area contributed by atoms with Gasteiger partial charge in [0, 0.05) is 6.42 Å². The van der Waals surface area contributed by atoms with Crippen molar-refractivity contribution in [2.75, 3.05) is 6.61 Å². The molecule has 2 aliphatic heterocycles. The maximum Gasteiger partial charge on any atom is 0.142 e. The zero-order valence-electron chi connectivity index (χ0n) is 9.38. The molecule has 2 rings (SSSR count). The summed E-state index contributed by atoms with van der Waals surface area (Å²) in [7, 11) is 0. The lowest BCUT2D eigenvalue weighted by atomic mass is 9.92. The first-order chi connectivity index (χ1) is 7.50. The van der Waals surface area contributed by atoms with Crippen LogP contribution in [0.4, 0.5) is 0 Å². The summed E-state index contributed by atoms with van der Waals surface area (Å²) < 4.78 is 10.9. The zero-order chi connectivity index (χ0) is 11.9. The van der Waals surface area contributed by atoms with Crippen LogP contribution in [0.3, 0.4) is 0 Å². The highest BCUT2D eigenvalue weighted by molar-refractivity contribution is 6.00. The number of carbonyl (C=O) groups excluding carboxylic acids is 2. The fourth-order valence-corrected chi connectivity index (χ4v) is 2.55. The van der Waals surface area contributed by atoms with Gasteiger partial charge in [-0.3, -0.25) is 9.59 Å². The maximum absolute atomic E-state index is 11.4. The minimum absolute atomic E-state index is 0.179. The number of aliphatic hydroxyl groups is 1. The Labute approximate surface area is 93.7 Å². The van der Waals surface area contributed by atoms with Crippen molar-refractivity contribution in [2.24, 2.45) is 5.92 Å². The molecule has 4 atom stereocenters. The van der Waals surface area contributed by atoms with Crippen LogP contribution in [0.25, 0.3) is 0 Å². The van der Waals surface area contributed by atoms with Gasteiger partial charge in [0.1, 0.15) is 29.7 Å². The van der Waals surface area contributed by atoms with E-state index in [1.807, 2.05) is 0 Å². The summed E-state index contributed by atoms with van der Waals surface area (Å²) in [6.07, 6.45) is -1.15. The Morgan fingerprint density at radius 3 is 2.44 bits per heavy atom. The first-order valence-electron chi connectivity index (χ1n) is 5.46. The third-order valence-corrected chi connectivity index (χ3v) is 3.27. The smallest absolute Gasteiger partial charge is 0.142 e. The molecule has 2 saturated heterocycles. The standard InChI is InChI=1S/C11H16O5/c1-5(12)10(6(2)13)8-3-9-11(16-8)7(14)4-15-9/h7-11,14H,3-4H2,1-2H3/t7-,8-,9-,11-/m1/s1. The highest BCUT2D eigenvalue weighted by Crippen LogP contribution is 2.34. The topological polar surface area (TPSA) is 72.8 Å². The Morgan fingerprint density at radius 1 is 1.31 bits per heavy atom. The van der Waals surface area contributed by atoms with Gasteiger partial charge < -0.3 is 14.6 Å². The van der Waals surface area contributed by atoms with Crippen molar-refractivity contribution in [3.63, 3.8) is 0 Å². The molecule has 0 aromatic carbocycles. The van der Waals surface area contributed by atoms with E-state index in [1.54, 1.807) is 0 Å². The van der Waals surface area contributed by atoms with Gasteiger partial charge in [-0.25, -0.2) is 0 Å². The molecule has 5 nitrogen and oxygen atoms in total. The van der Waals surface area contributed by atoms with Crippen LogP contribution in [0.1, 0.15) is 20.3 Å². The van der Waals surface area contributed by atoms with Crippen molar-refractivity contribution < 1.29 is 24.2 Å². The Hall–Kier alpha value is -0.780. The molecular weight excluding hydrogens is 212 g/mol. The number of carbonyl (C=O) groups is 2. The molecule has 2 heterocycles. The van der Waals surface area contributed by atoms with Crippen LogP contribution in [0, 0.1) is 5.92 Å². The summed E-state index contributed by atoms with van der Waals surface area (Å²) in [6, 6.07) is 0. The van der Waals surface area contributed by atoms with Crippen LogP contribution in [0.15, 0.2) is 0 Å². The molecular formula is C11H16O5. The van der Waals surface area contributed by atoms with Crippen LogP contribution in [-0.2, 0) is 19.1 Å². The molecule has 0 bridgehead atoms. The lowest BCUT2D eigenvalue weighted by Gasteiger charge is -2.19. The van der Waals surface area contributed by atoms with E-state index in [9.17, 15) is 14.7 Å². The number of fused-ring (bicyclic) bond motifs is 1. The van der Waals surface area contributed by atoms with E-state index in [2.05, 4.69) is 0 Å². The molecule has 0 aromatic rings. The molecule has 5 heteroatoms. The lowest BCUT2D eigenvalue weighted by molar-refractivity contribution is -0.138. The summed E-state index contributed by atoms with van der Waals surface area (Å²) >= 11 is 0. The highest BCUT2D eigenvalue weighted by Gasteiger charge is 2.49. The highest BCUT2D eigenvalue weighted by atomic mass is 16.6. The molecule has 0 aliphatic carbocycles. The molecule has 16 heavy (non-hydrogen) atoms. The minimum Gasteiger partial charge on any atom is -0.388 e. The van der Waals surface area contributed by atoms with Crippen LogP contribution in [-0.4, -0.2) is 47.7 Å². The van der Waals surface area contributed by atoms with E-state index in [0.717, 1.165) is 0 Å². The van der Waals surface area contributed by atoms with Crippen molar-refractivity contribution in [3.8, 4) is 0 Å². The number of hydrogen-bond donors (Lipinski definition) is 1. The summed E-state index contributed by atoms with van der Waals surface area (Å²) in [6.45, 7) is 3.05. The fourth-order valence-electron chi connectivity index (χ4n) is 2.55. The van der Waals surface area contributed by atoms with Crippen LogP contribution >= 0.6 is 0 Å². The average Bonchev–Trinajstić information content (AvgIpc) is 2.68. The second kappa shape index (κ2) is 4.24. The largest absolute Gasteiger partial charge is 0.388 e. The van der Waals surface area contributed by atoms with Gasteiger partial charge in [-0.15, -0.1) is 0 Å². The molecule has 0 aromatic heterocycles. The van der Waals surface area contributed by atoms with E-state index >= 15 is 0 Å². The molecule has 0 spiro atoms. The van der Waals surface area contributed by atoms with E-state index in [-0.39, 0.29) is 30.4 Å². The lowest BCUT2D eigenvalue weighted by Crippen LogP contribution is -2.35. The third kappa shape index (κ3) is 1.90. The first-order valence-corrected chi connectivity index (χ1v) is 5.46. The Bertz CT molecular complexity index is 299. The number of rotatable bonds is 3. The van der Waals surface area contributed by atoms with E-state index in [0.29, 0.717) is 6.42 Å². The minimum atomic E-state index is -0.721. The van der Waals surface area contributed by atoms with Crippen LogP contribution < -0.4 is 0 Å². The first kappa shape index (κ1) is 11.7. The van der Waals surface area contributed by atoms with Gasteiger partial charge in [-0.2, -0.15) is 0 Å². The average molecular weight is 228 g/mol. The van der Waals surface area contributed by atoms with Crippen molar-refractivity contribution in [2.45, 2.75) is 44.7 Å². The number of hydrogen-bond acceptors (Lipinski definition) is 5. The molecule has 0 unspecified atom stereocenters. The molecule has 0 saturated carbocycles. The molecule has 90 valence electrons. The Morgan fingerprint density at radius 2 is 1.94 bits per heavy atom. The van der Waals surface area contributed by atoms with Crippen LogP contribution in [0.5, 0.6) is 0 Å². The van der Waals surface area contributed by atoms with Crippen molar-refractivity contribution in [3.05, 3.63) is 0 Å². The molecule has 1 N–H and O–H groups in total. The number of aliphatic hydroxyl groups excluding tert-OH is 1. The van der Waals surface area contributed by atoms with Crippen molar-refractivity contribution in [1.29, 1.82) is 0 Å². The molecule has 0 amide bonds. The van der Waals surface area contributed by atoms with E-state index in [4.69, 9.17) is 9.47 Å². The quantitative estimate of drug-likeness (QED) is 0.671. The SMILES string of the molecule is CC(=O)C(C(C)=O)[C@H]1C[C@H]2OC[C@@H](O)[C@H]2O1. The number of ether oxygens (including phenoxy) is 2. The van der Waals surface area contributed by atoms with Crippen molar-refractivity contribution >= 4 is 11.6 Å². The van der Waals surface area contributed by atoms with Gasteiger partial charge in [0.05, 0.1) is 18.8 Å². The van der Waals surface area contributed by atoms with Crippen molar-refractivity contribution in [1.82, 2.24) is 0 Å². The Balaban J connectivity index is 2.07. The monoisotopic (exact) mass is 228 g/mol. The maximum atomic E-state index is 11.4. The molecule has 2 aliphatic rings. The third-order valence-electron chi connectivity index (χ3n) is 3.27. The fraction of sp³-hybridized carbons (Fsp3) is 0.818. The van der Waals surface area contributed by atoms with Gasteiger partial charge in [0.2, 0.25) is 0 Å². The van der Waals surface area contributed by atoms with Gasteiger partial charge in [0.25, 0.3) is 0 Å². The molecule has 0 radical (unpaired) electrons. The summed E-state index contributed by atoms with van der Waals surface area (Å²) in [4.78, 5) is 22.7. The zero-order valence-corrected chi connectivity index (χ0v) is 9.38. The summed E-state index contributed by atoms with van der Waals surface area (Å²) in [5.74, 6) is -1.10. The predicted molar refractivity (Wildman–Crippen MR) is 53.9 cm³/mol. The van der Waals surface area contributed by atoms with Gasteiger partial charge >= 0.3 is 0 Å². The second-order valence-corrected chi connectivity index (χ2v) is 4.51. The van der Waals surface area contributed by atoms with E-state index < -0.39 is 18.1 Å². The number of ketones is 2. The van der Waals surface area contributed by atoms with Gasteiger partial charge in [0.15, 0.2) is 0 Å². The van der Waals surface area contributed by atoms with Gasteiger partial charge in [-0.05, 0) is 13.8 Å². The molecule has 2 fully saturated rings. The van der Waals surface area contributed by atoms with Gasteiger partial charge in [-0.1, -0.05) is 0 Å². The predicted octanol–water partition coefficient (Wildman–Crippen LogP) is -0.302. The van der Waals surface area contributed by atoms with Crippen LogP contribution in [0.2, 0.25) is 0 Å². The number of Topliss-reactive ketones (excluding diaryl/α,β-unsaturated/α-hetero) is 2. The summed E-state index contributed by atoms with van der Waals surface area (Å²) in [5.41, 5.74) is 0. The normalized spacial score (nSPS) is 37.8. The second-order valence-electron chi connectivity index (χ2n) is 4.51. The Kier molecular flexibility index (Phi) is 3.10. The van der Waals surface area contributed by atoms with E-state index in [1.165, 1.54) is 13.8 Å².